The lowest BCUT2D eigenvalue weighted by molar-refractivity contribution is 0.479. The van der Waals surface area contributed by atoms with Gasteiger partial charge in [-0.2, -0.15) is 5.26 Å². The summed E-state index contributed by atoms with van der Waals surface area (Å²) in [7, 11) is 0. The van der Waals surface area contributed by atoms with Crippen LogP contribution in [0.4, 0.5) is 0 Å². The van der Waals surface area contributed by atoms with E-state index in [0.29, 0.717) is 11.3 Å². The third kappa shape index (κ3) is 2.53. The van der Waals surface area contributed by atoms with Crippen molar-refractivity contribution < 1.29 is 4.74 Å². The quantitative estimate of drug-likeness (QED) is 0.797. The van der Waals surface area contributed by atoms with Crippen LogP contribution in [-0.2, 0) is 12.8 Å². The average Bonchev–Trinajstić information content (AvgIpc) is 2.49. The highest BCUT2D eigenvalue weighted by Crippen LogP contribution is 2.30. The maximum Gasteiger partial charge on any atom is 0.145 e. The number of fused-ring (bicyclic) bond motifs is 1. The van der Waals surface area contributed by atoms with Crippen LogP contribution in [0.3, 0.4) is 0 Å². The Morgan fingerprint density at radius 3 is 2.60 bits per heavy atom. The smallest absolute Gasteiger partial charge is 0.145 e. The molecule has 2 aromatic carbocycles. The molecule has 0 spiro atoms. The molecule has 0 bridgehead atoms. The second-order valence-electron chi connectivity index (χ2n) is 5.35. The minimum absolute atomic E-state index is 0.586. The normalized spacial score (nSPS) is 13.4. The summed E-state index contributed by atoms with van der Waals surface area (Å²) in [6, 6.07) is 14.2. The van der Waals surface area contributed by atoms with Crippen LogP contribution in [0.15, 0.2) is 36.4 Å². The number of aryl methyl sites for hydroxylation is 3. The lowest BCUT2D eigenvalue weighted by atomic mass is 9.92. The number of ether oxygens (including phenoxy) is 1. The molecule has 0 unspecified atom stereocenters. The Morgan fingerprint density at radius 1 is 1.00 bits per heavy atom. The topological polar surface area (TPSA) is 33.0 Å². The zero-order valence-electron chi connectivity index (χ0n) is 11.6. The highest BCUT2D eigenvalue weighted by molar-refractivity contribution is 5.48. The van der Waals surface area contributed by atoms with Crippen molar-refractivity contribution in [2.45, 2.75) is 32.6 Å². The van der Waals surface area contributed by atoms with E-state index < -0.39 is 0 Å². The molecular formula is C18H17NO. The first-order valence-corrected chi connectivity index (χ1v) is 7.07. The second-order valence-corrected chi connectivity index (χ2v) is 5.35. The Hall–Kier alpha value is -2.27. The van der Waals surface area contributed by atoms with Gasteiger partial charge in [0.2, 0.25) is 0 Å². The monoisotopic (exact) mass is 263 g/mol. The van der Waals surface area contributed by atoms with Gasteiger partial charge in [-0.1, -0.05) is 12.1 Å². The van der Waals surface area contributed by atoms with Crippen LogP contribution < -0.4 is 4.74 Å². The molecule has 1 aliphatic rings. The summed E-state index contributed by atoms with van der Waals surface area (Å²) in [4.78, 5) is 0. The number of hydrogen-bond acceptors (Lipinski definition) is 2. The van der Waals surface area contributed by atoms with E-state index in [0.717, 1.165) is 17.7 Å². The minimum Gasteiger partial charge on any atom is -0.456 e. The molecule has 1 aliphatic carbocycles. The molecule has 2 heteroatoms. The maximum atomic E-state index is 9.18. The van der Waals surface area contributed by atoms with Crippen LogP contribution in [0.1, 0.15) is 35.1 Å². The number of hydrogen-bond donors (Lipinski definition) is 0. The van der Waals surface area contributed by atoms with E-state index in [1.54, 1.807) is 0 Å². The van der Waals surface area contributed by atoms with Crippen molar-refractivity contribution >= 4 is 0 Å². The van der Waals surface area contributed by atoms with Crippen LogP contribution in [0.2, 0.25) is 0 Å². The van der Waals surface area contributed by atoms with Crippen molar-refractivity contribution in [1.29, 1.82) is 5.26 Å². The molecule has 2 nitrogen and oxygen atoms in total. The fraction of sp³-hybridized carbons (Fsp3) is 0.278. The summed E-state index contributed by atoms with van der Waals surface area (Å²) in [5.74, 6) is 1.46. The zero-order valence-corrected chi connectivity index (χ0v) is 11.6. The summed E-state index contributed by atoms with van der Waals surface area (Å²) < 4.78 is 5.90. The SMILES string of the molecule is Cc1ccc(Oc2ccc3c(c2)CCCC3)c(C#N)c1. The molecule has 2 aromatic rings. The van der Waals surface area contributed by atoms with Gasteiger partial charge in [0, 0.05) is 0 Å². The van der Waals surface area contributed by atoms with Gasteiger partial charge < -0.3 is 4.74 Å². The van der Waals surface area contributed by atoms with E-state index in [1.165, 1.54) is 30.4 Å². The van der Waals surface area contributed by atoms with Crippen LogP contribution in [0, 0.1) is 18.3 Å². The van der Waals surface area contributed by atoms with Crippen molar-refractivity contribution in [2.75, 3.05) is 0 Å². The van der Waals surface area contributed by atoms with Gasteiger partial charge in [-0.3, -0.25) is 0 Å². The standard InChI is InChI=1S/C18H17NO/c1-13-6-9-18(16(10-13)12-19)20-17-8-7-14-4-2-3-5-15(14)11-17/h6-11H,2-5H2,1H3. The van der Waals surface area contributed by atoms with Gasteiger partial charge in [0.05, 0.1) is 5.56 Å². The van der Waals surface area contributed by atoms with Crippen molar-refractivity contribution in [3.05, 3.63) is 58.7 Å². The van der Waals surface area contributed by atoms with Crippen molar-refractivity contribution in [3.63, 3.8) is 0 Å². The first kappa shape index (κ1) is 12.7. The number of rotatable bonds is 2. The van der Waals surface area contributed by atoms with E-state index in [4.69, 9.17) is 4.74 Å². The van der Waals surface area contributed by atoms with E-state index >= 15 is 0 Å². The van der Waals surface area contributed by atoms with Crippen LogP contribution in [-0.4, -0.2) is 0 Å². The third-order valence-corrected chi connectivity index (χ3v) is 3.80. The van der Waals surface area contributed by atoms with E-state index in [-0.39, 0.29) is 0 Å². The number of nitrogens with zero attached hydrogens (tertiary/aromatic N) is 1. The molecule has 0 aromatic heterocycles. The maximum absolute atomic E-state index is 9.18. The number of benzene rings is 2. The Balaban J connectivity index is 1.90. The summed E-state index contributed by atoms with van der Waals surface area (Å²) >= 11 is 0. The molecule has 0 aliphatic heterocycles. The zero-order chi connectivity index (χ0) is 13.9. The van der Waals surface area contributed by atoms with E-state index in [9.17, 15) is 5.26 Å². The molecule has 3 rings (SSSR count). The highest BCUT2D eigenvalue weighted by atomic mass is 16.5. The Labute approximate surface area is 119 Å². The summed E-state index contributed by atoms with van der Waals surface area (Å²) in [6.45, 7) is 1.98. The largest absolute Gasteiger partial charge is 0.456 e. The van der Waals surface area contributed by atoms with Crippen LogP contribution >= 0.6 is 0 Å². The van der Waals surface area contributed by atoms with Gasteiger partial charge in [-0.25, -0.2) is 0 Å². The fourth-order valence-electron chi connectivity index (χ4n) is 2.72. The third-order valence-electron chi connectivity index (χ3n) is 3.80. The molecular weight excluding hydrogens is 246 g/mol. The lowest BCUT2D eigenvalue weighted by Gasteiger charge is -2.17. The summed E-state index contributed by atoms with van der Waals surface area (Å²) in [5, 5.41) is 9.18. The van der Waals surface area contributed by atoms with Gasteiger partial charge >= 0.3 is 0 Å². The Morgan fingerprint density at radius 2 is 1.80 bits per heavy atom. The van der Waals surface area contributed by atoms with Crippen LogP contribution in [0.5, 0.6) is 11.5 Å². The van der Waals surface area contributed by atoms with Gasteiger partial charge in [0.15, 0.2) is 0 Å². The first-order chi connectivity index (χ1) is 9.76. The lowest BCUT2D eigenvalue weighted by Crippen LogP contribution is -2.02. The molecule has 0 heterocycles. The predicted molar refractivity (Wildman–Crippen MR) is 79.1 cm³/mol. The van der Waals surface area contributed by atoms with E-state index in [1.807, 2.05) is 31.2 Å². The predicted octanol–water partition coefficient (Wildman–Crippen LogP) is 4.54. The Bertz CT molecular complexity index is 682. The van der Waals surface area contributed by atoms with Crippen LogP contribution in [0.25, 0.3) is 0 Å². The van der Waals surface area contributed by atoms with Gasteiger partial charge in [-0.15, -0.1) is 0 Å². The fourth-order valence-corrected chi connectivity index (χ4v) is 2.72. The van der Waals surface area contributed by atoms with Gasteiger partial charge in [0.25, 0.3) is 0 Å². The Kier molecular flexibility index (Phi) is 3.43. The van der Waals surface area contributed by atoms with Crippen molar-refractivity contribution in [2.24, 2.45) is 0 Å². The van der Waals surface area contributed by atoms with Gasteiger partial charge in [0.1, 0.15) is 17.6 Å². The molecule has 0 radical (unpaired) electrons. The van der Waals surface area contributed by atoms with E-state index in [2.05, 4.69) is 18.2 Å². The molecule has 0 saturated heterocycles. The van der Waals surface area contributed by atoms with Crippen molar-refractivity contribution in [3.8, 4) is 17.6 Å². The molecule has 0 atom stereocenters. The minimum atomic E-state index is 0.586. The molecule has 20 heavy (non-hydrogen) atoms. The molecule has 0 N–H and O–H groups in total. The average molecular weight is 263 g/mol. The number of nitriles is 1. The molecule has 0 fully saturated rings. The molecule has 0 saturated carbocycles. The summed E-state index contributed by atoms with van der Waals surface area (Å²) in [6.07, 6.45) is 4.84. The van der Waals surface area contributed by atoms with Gasteiger partial charge in [-0.05, 0) is 73.6 Å². The second kappa shape index (κ2) is 5.38. The molecule has 0 amide bonds. The molecule has 100 valence electrons. The summed E-state index contributed by atoms with van der Waals surface area (Å²) in [5.41, 5.74) is 4.48. The highest BCUT2D eigenvalue weighted by Gasteiger charge is 2.11. The van der Waals surface area contributed by atoms with Crippen molar-refractivity contribution in [1.82, 2.24) is 0 Å². The first-order valence-electron chi connectivity index (χ1n) is 7.07.